The summed E-state index contributed by atoms with van der Waals surface area (Å²) in [6.07, 6.45) is 0. The van der Waals surface area contributed by atoms with Gasteiger partial charge in [0.2, 0.25) is 0 Å². The average molecular weight is 521 g/mol. The number of para-hydroxylation sites is 1. The monoisotopic (exact) mass is 520 g/mol. The van der Waals surface area contributed by atoms with Crippen LogP contribution < -0.4 is 4.74 Å². The minimum Gasteiger partial charge on any atom is -0.489 e. The molecule has 0 spiro atoms. The Labute approximate surface area is 205 Å². The van der Waals surface area contributed by atoms with Gasteiger partial charge in [-0.25, -0.2) is 14.3 Å². The van der Waals surface area contributed by atoms with Gasteiger partial charge in [-0.3, -0.25) is 0 Å². The molecule has 0 amide bonds. The van der Waals surface area contributed by atoms with Crippen LogP contribution in [0.2, 0.25) is 0 Å². The van der Waals surface area contributed by atoms with Gasteiger partial charge in [0.1, 0.15) is 23.6 Å². The van der Waals surface area contributed by atoms with Crippen LogP contribution in [0, 0.1) is 0 Å². The van der Waals surface area contributed by atoms with E-state index in [2.05, 4.69) is 21.0 Å². The molecular weight excluding hydrogens is 500 g/mol. The number of carbonyl (C=O) groups excluding carboxylic acids is 2. The fraction of sp³-hybridized carbons (Fsp3) is 0.115. The first-order chi connectivity index (χ1) is 16.5. The summed E-state index contributed by atoms with van der Waals surface area (Å²) in [6.45, 7) is 0.360. The van der Waals surface area contributed by atoms with Crippen LogP contribution in [0.1, 0.15) is 26.4 Å². The summed E-state index contributed by atoms with van der Waals surface area (Å²) in [5.41, 5.74) is 2.46. The van der Waals surface area contributed by atoms with Crippen LogP contribution in [-0.2, 0) is 16.1 Å². The number of methoxy groups -OCH3 is 2. The number of rotatable bonds is 7. The lowest BCUT2D eigenvalue weighted by Crippen LogP contribution is -2.15. The molecule has 34 heavy (non-hydrogen) atoms. The second-order valence-electron chi connectivity index (χ2n) is 7.25. The molecule has 8 heteroatoms. The van der Waals surface area contributed by atoms with E-state index >= 15 is 0 Å². The van der Waals surface area contributed by atoms with Crippen molar-refractivity contribution in [3.63, 3.8) is 0 Å². The van der Waals surface area contributed by atoms with Crippen LogP contribution in [0.15, 0.2) is 83.3 Å². The predicted octanol–water partition coefficient (Wildman–Crippen LogP) is 5.45. The van der Waals surface area contributed by atoms with Crippen molar-refractivity contribution in [1.29, 1.82) is 0 Å². The molecule has 0 aliphatic carbocycles. The topological polar surface area (TPSA) is 79.7 Å². The fourth-order valence-electron chi connectivity index (χ4n) is 3.48. The van der Waals surface area contributed by atoms with Gasteiger partial charge in [-0.1, -0.05) is 58.4 Å². The van der Waals surface area contributed by atoms with Gasteiger partial charge < -0.3 is 14.2 Å². The van der Waals surface area contributed by atoms with Gasteiger partial charge in [-0.05, 0) is 42.0 Å². The second-order valence-corrected chi connectivity index (χ2v) is 8.16. The molecule has 7 nitrogen and oxygen atoms in total. The van der Waals surface area contributed by atoms with Crippen LogP contribution in [0.25, 0.3) is 16.9 Å². The van der Waals surface area contributed by atoms with Crippen LogP contribution in [-0.4, -0.2) is 35.9 Å². The normalized spacial score (nSPS) is 10.6. The van der Waals surface area contributed by atoms with Gasteiger partial charge in [0.25, 0.3) is 0 Å². The lowest BCUT2D eigenvalue weighted by atomic mass is 10.1. The Morgan fingerprint density at radius 1 is 0.882 bits per heavy atom. The molecule has 4 rings (SSSR count). The van der Waals surface area contributed by atoms with E-state index in [0.29, 0.717) is 23.6 Å². The van der Waals surface area contributed by atoms with Crippen molar-refractivity contribution in [3.8, 4) is 22.7 Å². The van der Waals surface area contributed by atoms with Crippen molar-refractivity contribution in [2.75, 3.05) is 14.2 Å². The molecule has 4 aromatic rings. The predicted molar refractivity (Wildman–Crippen MR) is 130 cm³/mol. The van der Waals surface area contributed by atoms with E-state index in [1.54, 1.807) is 30.3 Å². The largest absolute Gasteiger partial charge is 0.489 e. The van der Waals surface area contributed by atoms with E-state index in [9.17, 15) is 9.59 Å². The third kappa shape index (κ3) is 4.87. The number of ether oxygens (including phenoxy) is 3. The Bertz CT molecular complexity index is 1330. The molecule has 0 radical (unpaired) electrons. The Hall–Kier alpha value is -3.91. The maximum absolute atomic E-state index is 12.8. The molecule has 0 bridgehead atoms. The number of hydrogen-bond acceptors (Lipinski definition) is 6. The van der Waals surface area contributed by atoms with Gasteiger partial charge >= 0.3 is 11.9 Å². The summed E-state index contributed by atoms with van der Waals surface area (Å²) in [4.78, 5) is 25.5. The second kappa shape index (κ2) is 10.4. The zero-order valence-electron chi connectivity index (χ0n) is 18.5. The first-order valence-corrected chi connectivity index (χ1v) is 11.1. The number of esters is 2. The molecule has 1 heterocycles. The van der Waals surface area contributed by atoms with Crippen LogP contribution in [0.4, 0.5) is 0 Å². The van der Waals surface area contributed by atoms with Crippen molar-refractivity contribution in [2.24, 2.45) is 0 Å². The maximum atomic E-state index is 12.8. The lowest BCUT2D eigenvalue weighted by molar-refractivity contribution is 0.0549. The van der Waals surface area contributed by atoms with Crippen LogP contribution >= 0.6 is 15.9 Å². The molecule has 3 aromatic carbocycles. The van der Waals surface area contributed by atoms with E-state index in [1.165, 1.54) is 18.9 Å². The zero-order chi connectivity index (χ0) is 24.1. The smallest absolute Gasteiger partial charge is 0.357 e. The quantitative estimate of drug-likeness (QED) is 0.301. The Morgan fingerprint density at radius 3 is 2.32 bits per heavy atom. The SMILES string of the molecule is COC(=O)c1c(-c2cccc(OCc3cccc(Br)c3)c2)nn(-c2ccccc2)c1C(=O)OC. The minimum absolute atomic E-state index is 0.0161. The highest BCUT2D eigenvalue weighted by Gasteiger charge is 2.31. The summed E-state index contributed by atoms with van der Waals surface area (Å²) in [5.74, 6) is -0.815. The summed E-state index contributed by atoms with van der Waals surface area (Å²) in [5, 5.41) is 4.61. The molecule has 0 aliphatic heterocycles. The zero-order valence-corrected chi connectivity index (χ0v) is 20.1. The highest BCUT2D eigenvalue weighted by atomic mass is 79.9. The number of hydrogen-bond donors (Lipinski definition) is 0. The van der Waals surface area contributed by atoms with E-state index in [1.807, 2.05) is 48.5 Å². The number of nitrogens with zero attached hydrogens (tertiary/aromatic N) is 2. The van der Waals surface area contributed by atoms with E-state index < -0.39 is 11.9 Å². The number of benzene rings is 3. The Kier molecular flexibility index (Phi) is 7.08. The Balaban J connectivity index is 1.79. The van der Waals surface area contributed by atoms with Gasteiger partial charge in [0.05, 0.1) is 19.9 Å². The van der Waals surface area contributed by atoms with Crippen LogP contribution in [0.5, 0.6) is 5.75 Å². The third-order valence-corrected chi connectivity index (χ3v) is 5.55. The van der Waals surface area contributed by atoms with Crippen LogP contribution in [0.3, 0.4) is 0 Å². The molecule has 0 aliphatic rings. The highest BCUT2D eigenvalue weighted by molar-refractivity contribution is 9.10. The van der Waals surface area contributed by atoms with Gasteiger partial charge in [-0.15, -0.1) is 0 Å². The number of halogens is 1. The molecule has 172 valence electrons. The highest BCUT2D eigenvalue weighted by Crippen LogP contribution is 2.31. The van der Waals surface area contributed by atoms with Gasteiger partial charge in [0, 0.05) is 10.0 Å². The molecule has 0 saturated carbocycles. The van der Waals surface area contributed by atoms with Gasteiger partial charge in [-0.2, -0.15) is 5.10 Å². The van der Waals surface area contributed by atoms with E-state index in [0.717, 1.165) is 10.0 Å². The Morgan fingerprint density at radius 2 is 1.62 bits per heavy atom. The average Bonchev–Trinajstić information content (AvgIpc) is 3.28. The summed E-state index contributed by atoms with van der Waals surface area (Å²) >= 11 is 3.46. The van der Waals surface area contributed by atoms with E-state index in [4.69, 9.17) is 14.2 Å². The number of aromatic nitrogens is 2. The molecule has 0 atom stereocenters. The van der Waals surface area contributed by atoms with Gasteiger partial charge in [0.15, 0.2) is 5.69 Å². The molecule has 0 saturated heterocycles. The molecule has 0 N–H and O–H groups in total. The standard InChI is InChI=1S/C26H21BrN2O5/c1-32-25(30)22-23(28-29(24(22)26(31)33-2)20-11-4-3-5-12-20)18-9-7-13-21(15-18)34-16-17-8-6-10-19(27)14-17/h3-15H,16H2,1-2H3. The van der Waals surface area contributed by atoms with Crippen molar-refractivity contribution in [2.45, 2.75) is 6.61 Å². The molecule has 0 fully saturated rings. The molecule has 0 unspecified atom stereocenters. The summed E-state index contributed by atoms with van der Waals surface area (Å²) in [7, 11) is 2.51. The van der Waals surface area contributed by atoms with Crippen molar-refractivity contribution < 1.29 is 23.8 Å². The number of carbonyl (C=O) groups is 2. The fourth-order valence-corrected chi connectivity index (χ4v) is 3.93. The first kappa shape index (κ1) is 23.3. The maximum Gasteiger partial charge on any atom is 0.357 e. The molecular formula is C26H21BrN2O5. The summed E-state index contributed by atoms with van der Waals surface area (Å²) < 4.78 is 18.3. The lowest BCUT2D eigenvalue weighted by Gasteiger charge is -2.09. The first-order valence-electron chi connectivity index (χ1n) is 10.3. The van der Waals surface area contributed by atoms with Crippen molar-refractivity contribution in [1.82, 2.24) is 9.78 Å². The summed E-state index contributed by atoms with van der Waals surface area (Å²) in [6, 6.07) is 24.0. The molecule has 1 aromatic heterocycles. The van der Waals surface area contributed by atoms with Crippen molar-refractivity contribution in [3.05, 3.63) is 100 Å². The van der Waals surface area contributed by atoms with E-state index in [-0.39, 0.29) is 17.0 Å². The van der Waals surface area contributed by atoms with Crippen molar-refractivity contribution >= 4 is 27.9 Å². The minimum atomic E-state index is -0.704. The third-order valence-electron chi connectivity index (χ3n) is 5.06.